The Morgan fingerprint density at radius 2 is 1.67 bits per heavy atom. The van der Waals surface area contributed by atoms with E-state index in [0.29, 0.717) is 47.6 Å². The van der Waals surface area contributed by atoms with Crippen LogP contribution in [0.4, 0.5) is 5.82 Å². The van der Waals surface area contributed by atoms with Gasteiger partial charge in [0, 0.05) is 30.3 Å². The van der Waals surface area contributed by atoms with Gasteiger partial charge in [-0.15, -0.1) is 11.8 Å². The first-order valence-electron chi connectivity index (χ1n) is 13.7. The van der Waals surface area contributed by atoms with Crippen molar-refractivity contribution in [3.63, 3.8) is 0 Å². The highest BCUT2D eigenvalue weighted by Gasteiger charge is 2.38. The van der Waals surface area contributed by atoms with E-state index in [1.54, 1.807) is 33.1 Å². The van der Waals surface area contributed by atoms with E-state index in [0.717, 1.165) is 16.7 Å². The van der Waals surface area contributed by atoms with Crippen LogP contribution in [0.15, 0.2) is 72.8 Å². The molecule has 1 aromatic heterocycles. The molecular weight excluding hydrogens is 568 g/mol. The van der Waals surface area contributed by atoms with E-state index in [2.05, 4.69) is 5.32 Å². The molecule has 1 N–H and O–H groups in total. The lowest BCUT2D eigenvalue weighted by Gasteiger charge is -2.23. The summed E-state index contributed by atoms with van der Waals surface area (Å²) in [5.41, 5.74) is 3.89. The van der Waals surface area contributed by atoms with Crippen molar-refractivity contribution in [2.75, 3.05) is 58.8 Å². The number of ether oxygens (including phenoxy) is 4. The Balaban J connectivity index is 1.78. The van der Waals surface area contributed by atoms with Gasteiger partial charge in [0.1, 0.15) is 29.6 Å². The number of anilines is 1. The first-order valence-corrected chi connectivity index (χ1v) is 14.8. The lowest BCUT2D eigenvalue weighted by atomic mass is 9.98. The van der Waals surface area contributed by atoms with Gasteiger partial charge in [0.25, 0.3) is 0 Å². The Hall–Kier alpha value is -4.48. The smallest absolute Gasteiger partial charge is 0.240 e. The summed E-state index contributed by atoms with van der Waals surface area (Å²) in [4.78, 5) is 28.6. The van der Waals surface area contributed by atoms with Crippen molar-refractivity contribution in [2.24, 2.45) is 0 Å². The van der Waals surface area contributed by atoms with Crippen molar-refractivity contribution in [2.45, 2.75) is 5.25 Å². The van der Waals surface area contributed by atoms with Gasteiger partial charge in [-0.05, 0) is 42.5 Å². The fraction of sp³-hybridized carbons (Fsp3) is 0.281. The standard InChI is InChI=1S/C32H34N4O6S/c1-39-17-16-33-27(37)19-35-28(38)20-43-31(25-18-24(41-3)14-15-26(25)42-4)29-30(21-8-6-5-7-9-21)34-36(32(29)35)22-10-12-23(40-2)13-11-22/h5-15,18,31H,16-17,19-20H2,1-4H3,(H,33,37)/t31-/m0/s1. The molecule has 11 heteroatoms. The number of carbonyl (C=O) groups is 2. The number of aromatic nitrogens is 2. The third kappa shape index (κ3) is 6.32. The zero-order valence-corrected chi connectivity index (χ0v) is 25.3. The molecule has 1 aliphatic rings. The third-order valence-electron chi connectivity index (χ3n) is 7.10. The second-order valence-electron chi connectivity index (χ2n) is 9.68. The average molecular weight is 603 g/mol. The van der Waals surface area contributed by atoms with Crippen LogP contribution in [0.2, 0.25) is 0 Å². The van der Waals surface area contributed by atoms with E-state index in [9.17, 15) is 9.59 Å². The Kier molecular flexibility index (Phi) is 9.53. The van der Waals surface area contributed by atoms with E-state index in [1.165, 1.54) is 16.7 Å². The molecule has 0 aliphatic carbocycles. The number of thioether (sulfide) groups is 1. The summed E-state index contributed by atoms with van der Waals surface area (Å²) in [6.07, 6.45) is 0. The summed E-state index contributed by atoms with van der Waals surface area (Å²) in [6, 6.07) is 22.9. The maximum atomic E-state index is 13.9. The highest BCUT2D eigenvalue weighted by molar-refractivity contribution is 8.00. The molecule has 0 radical (unpaired) electrons. The molecule has 2 amide bonds. The normalized spacial score (nSPS) is 14.6. The fourth-order valence-corrected chi connectivity index (χ4v) is 6.23. The number of hydrogen-bond acceptors (Lipinski definition) is 8. The third-order valence-corrected chi connectivity index (χ3v) is 8.34. The summed E-state index contributed by atoms with van der Waals surface area (Å²) in [5, 5.41) is 7.58. The molecule has 1 atom stereocenters. The first-order chi connectivity index (χ1) is 21.0. The molecule has 0 saturated heterocycles. The molecule has 0 unspecified atom stereocenters. The highest BCUT2D eigenvalue weighted by atomic mass is 32.2. The maximum absolute atomic E-state index is 13.9. The Bertz CT molecular complexity index is 1570. The minimum atomic E-state index is -0.382. The molecule has 10 nitrogen and oxygen atoms in total. The van der Waals surface area contributed by atoms with Crippen LogP contribution >= 0.6 is 11.8 Å². The zero-order valence-electron chi connectivity index (χ0n) is 24.5. The van der Waals surface area contributed by atoms with Crippen LogP contribution < -0.4 is 24.4 Å². The number of amides is 2. The summed E-state index contributed by atoms with van der Waals surface area (Å²) < 4.78 is 23.6. The van der Waals surface area contributed by atoms with Crippen LogP contribution in [-0.2, 0) is 14.3 Å². The second-order valence-corrected chi connectivity index (χ2v) is 10.8. The number of carbonyl (C=O) groups excluding carboxylic acids is 2. The average Bonchev–Trinajstić information content (AvgIpc) is 3.37. The molecule has 5 rings (SSSR count). The fourth-order valence-electron chi connectivity index (χ4n) is 5.01. The number of fused-ring (bicyclic) bond motifs is 1. The Labute approximate surface area is 254 Å². The number of nitrogens with zero attached hydrogens (tertiary/aromatic N) is 3. The highest BCUT2D eigenvalue weighted by Crippen LogP contribution is 2.51. The molecule has 3 aromatic carbocycles. The SMILES string of the molecule is COCCNC(=O)CN1C(=O)CS[C@@H](c2cc(OC)ccc2OC)c2c(-c3ccccc3)nn(-c3ccc(OC)cc3)c21. The Morgan fingerprint density at radius 3 is 2.35 bits per heavy atom. The van der Waals surface area contributed by atoms with Gasteiger partial charge < -0.3 is 24.3 Å². The van der Waals surface area contributed by atoms with Gasteiger partial charge >= 0.3 is 0 Å². The van der Waals surface area contributed by atoms with Crippen LogP contribution in [0, 0.1) is 0 Å². The summed E-state index contributed by atoms with van der Waals surface area (Å²) >= 11 is 1.46. The van der Waals surface area contributed by atoms with Crippen molar-refractivity contribution in [1.29, 1.82) is 0 Å². The van der Waals surface area contributed by atoms with Crippen LogP contribution in [0.25, 0.3) is 16.9 Å². The molecule has 2 heterocycles. The molecule has 0 spiro atoms. The van der Waals surface area contributed by atoms with Gasteiger partial charge in [-0.2, -0.15) is 5.10 Å². The van der Waals surface area contributed by atoms with Crippen molar-refractivity contribution in [3.05, 3.63) is 83.9 Å². The van der Waals surface area contributed by atoms with Crippen LogP contribution in [0.1, 0.15) is 16.4 Å². The molecule has 1 aliphatic heterocycles. The topological polar surface area (TPSA) is 104 Å². The van der Waals surface area contributed by atoms with E-state index >= 15 is 0 Å². The lowest BCUT2D eigenvalue weighted by molar-refractivity contribution is -0.123. The van der Waals surface area contributed by atoms with Crippen molar-refractivity contribution >= 4 is 29.4 Å². The Morgan fingerprint density at radius 1 is 0.953 bits per heavy atom. The minimum absolute atomic E-state index is 0.127. The van der Waals surface area contributed by atoms with Gasteiger partial charge in [0.15, 0.2) is 0 Å². The summed E-state index contributed by atoms with van der Waals surface area (Å²) in [5.74, 6) is 2.11. The number of hydrogen-bond donors (Lipinski definition) is 1. The van der Waals surface area contributed by atoms with Gasteiger partial charge in [0.05, 0.1) is 50.3 Å². The molecule has 224 valence electrons. The molecule has 43 heavy (non-hydrogen) atoms. The first kappa shape index (κ1) is 30.0. The monoisotopic (exact) mass is 602 g/mol. The van der Waals surface area contributed by atoms with E-state index < -0.39 is 0 Å². The number of methoxy groups -OCH3 is 4. The predicted octanol–water partition coefficient (Wildman–Crippen LogP) is 4.50. The second kappa shape index (κ2) is 13.7. The summed E-state index contributed by atoms with van der Waals surface area (Å²) in [7, 11) is 6.41. The molecule has 0 fully saturated rings. The van der Waals surface area contributed by atoms with Gasteiger partial charge in [-0.1, -0.05) is 30.3 Å². The van der Waals surface area contributed by atoms with Gasteiger partial charge in [0.2, 0.25) is 11.8 Å². The molecule has 4 aromatic rings. The van der Waals surface area contributed by atoms with Crippen molar-refractivity contribution in [1.82, 2.24) is 15.1 Å². The van der Waals surface area contributed by atoms with Crippen molar-refractivity contribution < 1.29 is 28.5 Å². The maximum Gasteiger partial charge on any atom is 0.240 e. The van der Waals surface area contributed by atoms with E-state index in [1.807, 2.05) is 72.8 Å². The number of rotatable bonds is 11. The molecule has 0 saturated carbocycles. The van der Waals surface area contributed by atoms with Crippen LogP contribution in [-0.4, -0.2) is 75.5 Å². The number of benzene rings is 3. The largest absolute Gasteiger partial charge is 0.497 e. The molecular formula is C32H34N4O6S. The zero-order chi connectivity index (χ0) is 30.3. The predicted molar refractivity (Wildman–Crippen MR) is 167 cm³/mol. The molecule has 0 bridgehead atoms. The van der Waals surface area contributed by atoms with Gasteiger partial charge in [-0.3, -0.25) is 14.5 Å². The quantitative estimate of drug-likeness (QED) is 0.251. The van der Waals surface area contributed by atoms with Crippen LogP contribution in [0.3, 0.4) is 0 Å². The van der Waals surface area contributed by atoms with Crippen molar-refractivity contribution in [3.8, 4) is 34.2 Å². The van der Waals surface area contributed by atoms with E-state index in [-0.39, 0.29) is 29.4 Å². The minimum Gasteiger partial charge on any atom is -0.497 e. The number of nitrogens with one attached hydrogen (secondary N) is 1. The van der Waals surface area contributed by atoms with Crippen LogP contribution in [0.5, 0.6) is 17.2 Å². The summed E-state index contributed by atoms with van der Waals surface area (Å²) in [6.45, 7) is 0.504. The van der Waals surface area contributed by atoms with Gasteiger partial charge in [-0.25, -0.2) is 4.68 Å². The van der Waals surface area contributed by atoms with E-state index in [4.69, 9.17) is 24.0 Å². The lowest BCUT2D eigenvalue weighted by Crippen LogP contribution is -2.43.